The second-order valence-corrected chi connectivity index (χ2v) is 6.55. The number of amides is 1. The highest BCUT2D eigenvalue weighted by molar-refractivity contribution is 5.92. The molecule has 1 aromatic rings. The molecule has 0 radical (unpaired) electrons. The molecule has 0 unspecified atom stereocenters. The number of furan rings is 1. The van der Waals surface area contributed by atoms with Crippen LogP contribution in [-0.2, 0) is 4.79 Å². The summed E-state index contributed by atoms with van der Waals surface area (Å²) in [5, 5.41) is 18.5. The highest BCUT2D eigenvalue weighted by Gasteiger charge is 2.29. The van der Waals surface area contributed by atoms with Crippen molar-refractivity contribution in [1.29, 1.82) is 0 Å². The predicted molar refractivity (Wildman–Crippen MR) is 87.4 cm³/mol. The van der Waals surface area contributed by atoms with Crippen molar-refractivity contribution in [3.8, 4) is 11.8 Å². The van der Waals surface area contributed by atoms with Gasteiger partial charge in [0.25, 0.3) is 5.91 Å². The van der Waals surface area contributed by atoms with E-state index < -0.39 is 11.6 Å². The summed E-state index contributed by atoms with van der Waals surface area (Å²) in [6.07, 6.45) is 3.21. The molecule has 1 fully saturated rings. The molecule has 1 aliphatic heterocycles. The fourth-order valence-corrected chi connectivity index (χ4v) is 2.73. The molecule has 24 heavy (non-hydrogen) atoms. The van der Waals surface area contributed by atoms with E-state index in [1.165, 1.54) is 0 Å². The fraction of sp³-hybridized carbons (Fsp3) is 0.556. The largest absolute Gasteiger partial charge is 0.481 e. The van der Waals surface area contributed by atoms with Gasteiger partial charge in [0.1, 0.15) is 5.60 Å². The standard InChI is InChI=1S/C18H23NO5/c1-18(2,23)11-10-14-7-8-15(24-14)17(22)19-12-4-3-5-13(19)6-9-16(20)21/h7-8,13,23H,3-6,9,12H2,1-2H3,(H,20,21)/t13-/m0/s1. The van der Waals surface area contributed by atoms with Crippen LogP contribution in [0.5, 0.6) is 0 Å². The van der Waals surface area contributed by atoms with Gasteiger partial charge in [0.2, 0.25) is 0 Å². The Balaban J connectivity index is 2.09. The van der Waals surface area contributed by atoms with Gasteiger partial charge in [0, 0.05) is 19.0 Å². The zero-order valence-corrected chi connectivity index (χ0v) is 14.0. The number of carboxylic acids is 1. The second kappa shape index (κ2) is 7.54. The summed E-state index contributed by atoms with van der Waals surface area (Å²) in [5.74, 6) is 4.76. The van der Waals surface area contributed by atoms with Gasteiger partial charge in [-0.3, -0.25) is 9.59 Å². The molecule has 1 saturated heterocycles. The van der Waals surface area contributed by atoms with Gasteiger partial charge >= 0.3 is 5.97 Å². The molecule has 130 valence electrons. The maximum absolute atomic E-state index is 12.7. The molecule has 2 N–H and O–H groups in total. The molecule has 0 saturated carbocycles. The van der Waals surface area contributed by atoms with E-state index >= 15 is 0 Å². The SMILES string of the molecule is CC(C)(O)C#Cc1ccc(C(=O)N2CCCC[C@H]2CCC(=O)O)o1. The number of hydrogen-bond acceptors (Lipinski definition) is 4. The number of aliphatic hydroxyl groups is 1. The summed E-state index contributed by atoms with van der Waals surface area (Å²) in [6.45, 7) is 3.74. The van der Waals surface area contributed by atoms with E-state index in [0.29, 0.717) is 18.7 Å². The topological polar surface area (TPSA) is 91.0 Å². The molecule has 0 bridgehead atoms. The van der Waals surface area contributed by atoms with Crippen molar-refractivity contribution in [2.75, 3.05) is 6.54 Å². The summed E-state index contributed by atoms with van der Waals surface area (Å²) in [6, 6.07) is 3.10. The van der Waals surface area contributed by atoms with Crippen LogP contribution < -0.4 is 0 Å². The van der Waals surface area contributed by atoms with Gasteiger partial charge in [-0.2, -0.15) is 0 Å². The first kappa shape index (κ1) is 18.1. The van der Waals surface area contributed by atoms with Gasteiger partial charge in [0.15, 0.2) is 11.5 Å². The molecule has 0 aromatic carbocycles. The van der Waals surface area contributed by atoms with E-state index in [9.17, 15) is 14.7 Å². The van der Waals surface area contributed by atoms with E-state index in [4.69, 9.17) is 9.52 Å². The van der Waals surface area contributed by atoms with Crippen molar-refractivity contribution in [2.45, 2.75) is 57.6 Å². The van der Waals surface area contributed by atoms with Gasteiger partial charge in [-0.1, -0.05) is 5.92 Å². The van der Waals surface area contributed by atoms with E-state index in [2.05, 4.69) is 11.8 Å². The summed E-state index contributed by atoms with van der Waals surface area (Å²) >= 11 is 0. The third kappa shape index (κ3) is 5.14. The third-order valence-corrected chi connectivity index (χ3v) is 3.89. The Hall–Kier alpha value is -2.26. The predicted octanol–water partition coefficient (Wildman–Crippen LogP) is 2.26. The number of aliphatic carboxylic acids is 1. The van der Waals surface area contributed by atoms with Crippen molar-refractivity contribution in [1.82, 2.24) is 4.90 Å². The minimum Gasteiger partial charge on any atom is -0.481 e. The fourth-order valence-electron chi connectivity index (χ4n) is 2.73. The van der Waals surface area contributed by atoms with E-state index in [0.717, 1.165) is 19.3 Å². The van der Waals surface area contributed by atoms with E-state index in [-0.39, 0.29) is 24.1 Å². The van der Waals surface area contributed by atoms with Crippen LogP contribution in [0.1, 0.15) is 62.3 Å². The summed E-state index contributed by atoms with van der Waals surface area (Å²) in [5.41, 5.74) is -1.13. The van der Waals surface area contributed by atoms with Crippen molar-refractivity contribution < 1.29 is 24.2 Å². The summed E-state index contributed by atoms with van der Waals surface area (Å²) < 4.78 is 5.48. The number of hydrogen-bond donors (Lipinski definition) is 2. The number of nitrogens with zero attached hydrogens (tertiary/aromatic N) is 1. The molecule has 6 heteroatoms. The average Bonchev–Trinajstić information content (AvgIpc) is 2.99. The van der Waals surface area contributed by atoms with Crippen LogP contribution in [0.15, 0.2) is 16.5 Å². The Morgan fingerprint density at radius 2 is 2.12 bits per heavy atom. The molecule has 1 aromatic heterocycles. The number of carbonyl (C=O) groups is 2. The summed E-state index contributed by atoms with van der Waals surface area (Å²) in [7, 11) is 0. The first-order valence-electron chi connectivity index (χ1n) is 8.14. The first-order valence-corrected chi connectivity index (χ1v) is 8.14. The Bertz CT molecular complexity index is 659. The Kier molecular flexibility index (Phi) is 5.68. The maximum atomic E-state index is 12.7. The molecule has 1 aliphatic rings. The van der Waals surface area contributed by atoms with Crippen LogP contribution in [0.2, 0.25) is 0 Å². The Morgan fingerprint density at radius 1 is 1.38 bits per heavy atom. The lowest BCUT2D eigenvalue weighted by atomic mass is 9.97. The van der Waals surface area contributed by atoms with E-state index in [1.807, 2.05) is 0 Å². The zero-order chi connectivity index (χ0) is 17.7. The van der Waals surface area contributed by atoms with Crippen LogP contribution in [0.4, 0.5) is 0 Å². The van der Waals surface area contributed by atoms with Crippen LogP contribution in [0.25, 0.3) is 0 Å². The van der Waals surface area contributed by atoms with Gasteiger partial charge in [-0.05, 0) is 57.6 Å². The Labute approximate surface area is 141 Å². The first-order chi connectivity index (χ1) is 11.3. The van der Waals surface area contributed by atoms with Gasteiger partial charge in [-0.15, -0.1) is 0 Å². The molecule has 2 rings (SSSR count). The van der Waals surface area contributed by atoms with Crippen LogP contribution >= 0.6 is 0 Å². The zero-order valence-electron chi connectivity index (χ0n) is 14.0. The molecule has 0 aliphatic carbocycles. The minimum absolute atomic E-state index is 0.0505. The molecular weight excluding hydrogens is 310 g/mol. The van der Waals surface area contributed by atoms with Crippen molar-refractivity contribution in [3.63, 3.8) is 0 Å². The van der Waals surface area contributed by atoms with Crippen LogP contribution in [0.3, 0.4) is 0 Å². The number of piperidine rings is 1. The molecule has 6 nitrogen and oxygen atoms in total. The normalized spacial score (nSPS) is 18.0. The Morgan fingerprint density at radius 3 is 2.79 bits per heavy atom. The lowest BCUT2D eigenvalue weighted by molar-refractivity contribution is -0.137. The number of likely N-dealkylation sites (tertiary alicyclic amines) is 1. The maximum Gasteiger partial charge on any atom is 0.303 e. The second-order valence-electron chi connectivity index (χ2n) is 6.55. The van der Waals surface area contributed by atoms with Crippen molar-refractivity contribution in [2.24, 2.45) is 0 Å². The van der Waals surface area contributed by atoms with Gasteiger partial charge in [-0.25, -0.2) is 0 Å². The highest BCUT2D eigenvalue weighted by atomic mass is 16.4. The van der Waals surface area contributed by atoms with Crippen molar-refractivity contribution >= 4 is 11.9 Å². The molecule has 1 amide bonds. The lowest BCUT2D eigenvalue weighted by Gasteiger charge is -2.35. The quantitative estimate of drug-likeness (QED) is 0.825. The molecule has 2 heterocycles. The highest BCUT2D eigenvalue weighted by Crippen LogP contribution is 2.23. The summed E-state index contributed by atoms with van der Waals surface area (Å²) in [4.78, 5) is 25.2. The van der Waals surface area contributed by atoms with Crippen LogP contribution in [-0.4, -0.2) is 45.2 Å². The number of carboxylic acid groups (broad SMARTS) is 1. The van der Waals surface area contributed by atoms with Crippen molar-refractivity contribution in [3.05, 3.63) is 23.7 Å². The third-order valence-electron chi connectivity index (χ3n) is 3.89. The van der Waals surface area contributed by atoms with Gasteiger partial charge in [0.05, 0.1) is 0 Å². The molecule has 1 atom stereocenters. The molecule has 0 spiro atoms. The van der Waals surface area contributed by atoms with Crippen LogP contribution in [0, 0.1) is 11.8 Å². The minimum atomic E-state index is -1.13. The smallest absolute Gasteiger partial charge is 0.303 e. The lowest BCUT2D eigenvalue weighted by Crippen LogP contribution is -2.43. The van der Waals surface area contributed by atoms with Gasteiger partial charge < -0.3 is 19.5 Å². The monoisotopic (exact) mass is 333 g/mol. The molecular formula is C18H23NO5. The number of carbonyl (C=O) groups excluding carboxylic acids is 1. The van der Waals surface area contributed by atoms with E-state index in [1.54, 1.807) is 30.9 Å². The number of rotatable bonds is 4. The average molecular weight is 333 g/mol.